The molecule has 0 aliphatic rings. The van der Waals surface area contributed by atoms with E-state index in [0.29, 0.717) is 5.56 Å². The highest BCUT2D eigenvalue weighted by atomic mass is 79.9. The van der Waals surface area contributed by atoms with E-state index < -0.39 is 0 Å². The maximum atomic E-state index is 12.0. The predicted molar refractivity (Wildman–Crippen MR) is 72.1 cm³/mol. The summed E-state index contributed by atoms with van der Waals surface area (Å²) in [5.74, 6) is -0.0607. The summed E-state index contributed by atoms with van der Waals surface area (Å²) in [6.07, 6.45) is 0. The van der Waals surface area contributed by atoms with E-state index in [9.17, 15) is 4.79 Å². The van der Waals surface area contributed by atoms with Crippen LogP contribution in [0.25, 0.3) is 0 Å². The highest BCUT2D eigenvalue weighted by Gasteiger charge is 2.15. The van der Waals surface area contributed by atoms with Gasteiger partial charge in [-0.1, -0.05) is 22.9 Å². The number of nitrogens with one attached hydrogen (secondary N) is 1. The van der Waals surface area contributed by atoms with Gasteiger partial charge in [-0.05, 0) is 43.5 Å². The molecule has 2 N–H and O–H groups in total. The Balaban J connectivity index is 2.76. The maximum absolute atomic E-state index is 12.0. The van der Waals surface area contributed by atoms with Crippen molar-refractivity contribution in [2.75, 3.05) is 6.61 Å². The first-order valence-corrected chi connectivity index (χ1v) is 6.42. The minimum absolute atomic E-state index is 0.0483. The Hall–Kier alpha value is -0.870. The van der Waals surface area contributed by atoms with E-state index in [2.05, 4.69) is 21.2 Å². The first kappa shape index (κ1) is 14.2. The Morgan fingerprint density at radius 3 is 2.59 bits per heavy atom. The molecule has 0 unspecified atom stereocenters. The Morgan fingerprint density at radius 1 is 1.41 bits per heavy atom. The predicted octanol–water partition coefficient (Wildman–Crippen LogP) is 2.50. The number of hydrogen-bond donors (Lipinski definition) is 2. The van der Waals surface area contributed by atoms with Gasteiger partial charge in [-0.15, -0.1) is 0 Å². The zero-order chi connectivity index (χ0) is 13.0. The SMILES string of the molecule is Cc1cc(Br)cc(C(=O)N[C@H](C)[C@H](C)CO)c1. The van der Waals surface area contributed by atoms with Crippen LogP contribution in [0.15, 0.2) is 22.7 Å². The lowest BCUT2D eigenvalue weighted by Gasteiger charge is -2.19. The van der Waals surface area contributed by atoms with Crippen molar-refractivity contribution in [2.24, 2.45) is 5.92 Å². The number of aliphatic hydroxyl groups is 1. The molecule has 4 heteroatoms. The van der Waals surface area contributed by atoms with Crippen LogP contribution >= 0.6 is 15.9 Å². The number of rotatable bonds is 4. The molecule has 0 saturated carbocycles. The Bertz CT molecular complexity index is 386. The summed E-state index contributed by atoms with van der Waals surface area (Å²) in [6, 6.07) is 5.54. The van der Waals surface area contributed by atoms with Gasteiger partial charge in [0.05, 0.1) is 0 Å². The molecule has 0 bridgehead atoms. The number of benzene rings is 1. The van der Waals surface area contributed by atoms with Crippen molar-refractivity contribution in [3.05, 3.63) is 33.8 Å². The fraction of sp³-hybridized carbons (Fsp3) is 0.462. The average Bonchev–Trinajstić information content (AvgIpc) is 2.26. The fourth-order valence-electron chi connectivity index (χ4n) is 1.46. The minimum Gasteiger partial charge on any atom is -0.396 e. The summed E-state index contributed by atoms with van der Waals surface area (Å²) in [6.45, 7) is 5.81. The van der Waals surface area contributed by atoms with Crippen molar-refractivity contribution >= 4 is 21.8 Å². The van der Waals surface area contributed by atoms with E-state index in [0.717, 1.165) is 10.0 Å². The molecule has 94 valence electrons. The number of hydrogen-bond acceptors (Lipinski definition) is 2. The molecule has 1 amide bonds. The van der Waals surface area contributed by atoms with Crippen molar-refractivity contribution in [1.29, 1.82) is 0 Å². The van der Waals surface area contributed by atoms with Crippen LogP contribution in [-0.4, -0.2) is 23.7 Å². The molecule has 0 heterocycles. The van der Waals surface area contributed by atoms with Crippen LogP contribution in [0.2, 0.25) is 0 Å². The van der Waals surface area contributed by atoms with Gasteiger partial charge in [0.2, 0.25) is 0 Å². The van der Waals surface area contributed by atoms with E-state index in [-0.39, 0.29) is 24.5 Å². The standard InChI is InChI=1S/C13H18BrNO2/c1-8-4-11(6-12(14)5-8)13(17)15-10(3)9(2)7-16/h4-6,9-10,16H,7H2,1-3H3,(H,15,17)/t9-,10-/m1/s1. The molecular weight excluding hydrogens is 282 g/mol. The van der Waals surface area contributed by atoms with E-state index in [1.54, 1.807) is 6.07 Å². The highest BCUT2D eigenvalue weighted by molar-refractivity contribution is 9.10. The van der Waals surface area contributed by atoms with Crippen molar-refractivity contribution in [3.8, 4) is 0 Å². The number of carbonyl (C=O) groups excluding carboxylic acids is 1. The normalized spacial score (nSPS) is 14.2. The smallest absolute Gasteiger partial charge is 0.251 e. The molecule has 0 aliphatic carbocycles. The molecular formula is C13H18BrNO2. The monoisotopic (exact) mass is 299 g/mol. The van der Waals surface area contributed by atoms with E-state index in [1.165, 1.54) is 0 Å². The molecule has 0 radical (unpaired) electrons. The second-order valence-electron chi connectivity index (χ2n) is 4.44. The number of aryl methyl sites for hydroxylation is 1. The van der Waals surface area contributed by atoms with Gasteiger partial charge in [-0.25, -0.2) is 0 Å². The van der Waals surface area contributed by atoms with Crippen LogP contribution < -0.4 is 5.32 Å². The molecule has 1 aromatic rings. The molecule has 0 aromatic heterocycles. The van der Waals surface area contributed by atoms with Gasteiger partial charge in [-0.3, -0.25) is 4.79 Å². The molecule has 3 nitrogen and oxygen atoms in total. The third kappa shape index (κ3) is 4.13. The summed E-state index contributed by atoms with van der Waals surface area (Å²) >= 11 is 3.37. The van der Waals surface area contributed by atoms with Gasteiger partial charge in [0.25, 0.3) is 5.91 Å². The van der Waals surface area contributed by atoms with Gasteiger partial charge in [-0.2, -0.15) is 0 Å². The average molecular weight is 300 g/mol. The zero-order valence-corrected chi connectivity index (χ0v) is 11.9. The van der Waals surface area contributed by atoms with Crippen LogP contribution in [0.4, 0.5) is 0 Å². The Labute approximate surface area is 110 Å². The third-order valence-corrected chi connectivity index (χ3v) is 3.26. The Morgan fingerprint density at radius 2 is 2.06 bits per heavy atom. The summed E-state index contributed by atoms with van der Waals surface area (Å²) in [5, 5.41) is 11.9. The first-order valence-electron chi connectivity index (χ1n) is 5.63. The molecule has 0 saturated heterocycles. The fourth-order valence-corrected chi connectivity index (χ4v) is 2.07. The zero-order valence-electron chi connectivity index (χ0n) is 10.3. The molecule has 1 rings (SSSR count). The first-order chi connectivity index (χ1) is 7.93. The summed E-state index contributed by atoms with van der Waals surface area (Å²) in [4.78, 5) is 12.0. The lowest BCUT2D eigenvalue weighted by Crippen LogP contribution is -2.38. The van der Waals surface area contributed by atoms with Crippen molar-refractivity contribution < 1.29 is 9.90 Å². The van der Waals surface area contributed by atoms with Crippen LogP contribution in [-0.2, 0) is 0 Å². The molecule has 2 atom stereocenters. The van der Waals surface area contributed by atoms with Gasteiger partial charge in [0, 0.05) is 22.7 Å². The number of carbonyl (C=O) groups is 1. The van der Waals surface area contributed by atoms with Gasteiger partial charge in [0.1, 0.15) is 0 Å². The van der Waals surface area contributed by atoms with Crippen LogP contribution in [0.1, 0.15) is 29.8 Å². The number of amides is 1. The summed E-state index contributed by atoms with van der Waals surface area (Å²) < 4.78 is 0.894. The van der Waals surface area contributed by atoms with E-state index in [4.69, 9.17) is 5.11 Å². The largest absolute Gasteiger partial charge is 0.396 e. The van der Waals surface area contributed by atoms with Crippen LogP contribution in [0.5, 0.6) is 0 Å². The second kappa shape index (κ2) is 6.17. The maximum Gasteiger partial charge on any atom is 0.251 e. The highest BCUT2D eigenvalue weighted by Crippen LogP contribution is 2.15. The van der Waals surface area contributed by atoms with Crippen molar-refractivity contribution in [2.45, 2.75) is 26.8 Å². The van der Waals surface area contributed by atoms with E-state index in [1.807, 2.05) is 32.9 Å². The lowest BCUT2D eigenvalue weighted by atomic mass is 10.0. The van der Waals surface area contributed by atoms with Gasteiger partial charge >= 0.3 is 0 Å². The quantitative estimate of drug-likeness (QED) is 0.897. The molecule has 1 aromatic carbocycles. The topological polar surface area (TPSA) is 49.3 Å². The summed E-state index contributed by atoms with van der Waals surface area (Å²) in [5.41, 5.74) is 1.67. The molecule has 0 fully saturated rings. The second-order valence-corrected chi connectivity index (χ2v) is 5.35. The number of aliphatic hydroxyl groups excluding tert-OH is 1. The van der Waals surface area contributed by atoms with Crippen molar-refractivity contribution in [1.82, 2.24) is 5.32 Å². The van der Waals surface area contributed by atoms with Crippen LogP contribution in [0, 0.1) is 12.8 Å². The molecule has 0 spiro atoms. The Kier molecular flexibility index (Phi) is 5.15. The van der Waals surface area contributed by atoms with E-state index >= 15 is 0 Å². The molecule has 17 heavy (non-hydrogen) atoms. The lowest BCUT2D eigenvalue weighted by molar-refractivity contribution is 0.0916. The van der Waals surface area contributed by atoms with Gasteiger partial charge in [0.15, 0.2) is 0 Å². The van der Waals surface area contributed by atoms with Crippen molar-refractivity contribution in [3.63, 3.8) is 0 Å². The number of halogens is 1. The van der Waals surface area contributed by atoms with Crippen LogP contribution in [0.3, 0.4) is 0 Å². The summed E-state index contributed by atoms with van der Waals surface area (Å²) in [7, 11) is 0. The third-order valence-electron chi connectivity index (χ3n) is 2.80. The molecule has 0 aliphatic heterocycles. The minimum atomic E-state index is -0.109. The van der Waals surface area contributed by atoms with Gasteiger partial charge < -0.3 is 10.4 Å².